The lowest BCUT2D eigenvalue weighted by Crippen LogP contribution is -2.25. The highest BCUT2D eigenvalue weighted by atomic mass is 16.5. The van der Waals surface area contributed by atoms with E-state index in [0.29, 0.717) is 26.4 Å². The van der Waals surface area contributed by atoms with Crippen molar-refractivity contribution in [1.29, 1.82) is 0 Å². The van der Waals surface area contributed by atoms with Crippen molar-refractivity contribution in [1.82, 2.24) is 0 Å². The molecule has 1 aromatic carbocycles. The number of ether oxygens (including phenoxy) is 2. The molecule has 0 radical (unpaired) electrons. The van der Waals surface area contributed by atoms with E-state index in [1.165, 1.54) is 6.92 Å². The maximum atomic E-state index is 11.0. The zero-order chi connectivity index (χ0) is 15.5. The van der Waals surface area contributed by atoms with Gasteiger partial charge in [-0.3, -0.25) is 4.79 Å². The third-order valence-electron chi connectivity index (χ3n) is 2.61. The lowest BCUT2D eigenvalue weighted by atomic mass is 10.2. The van der Waals surface area contributed by atoms with E-state index in [1.54, 1.807) is 6.07 Å². The van der Waals surface area contributed by atoms with Crippen LogP contribution in [0.3, 0.4) is 0 Å². The second kappa shape index (κ2) is 10.1. The first kappa shape index (κ1) is 17.4. The van der Waals surface area contributed by atoms with E-state index < -0.39 is 6.10 Å². The molecule has 1 atom stereocenters. The van der Waals surface area contributed by atoms with Gasteiger partial charge in [-0.25, -0.2) is 0 Å². The van der Waals surface area contributed by atoms with Gasteiger partial charge in [0.1, 0.15) is 0 Å². The first-order chi connectivity index (χ1) is 10.1. The van der Waals surface area contributed by atoms with Crippen molar-refractivity contribution in [2.24, 2.45) is 0 Å². The third-order valence-corrected chi connectivity index (χ3v) is 2.61. The van der Waals surface area contributed by atoms with Crippen molar-refractivity contribution in [3.63, 3.8) is 0 Å². The average Bonchev–Trinajstić information content (AvgIpc) is 2.44. The summed E-state index contributed by atoms with van der Waals surface area (Å²) in [5, 5.41) is 15.6. The van der Waals surface area contributed by atoms with E-state index in [4.69, 9.17) is 9.47 Å². The molecule has 0 saturated carbocycles. The van der Waals surface area contributed by atoms with Gasteiger partial charge < -0.3 is 25.2 Å². The topological polar surface area (TPSA) is 79.8 Å². The van der Waals surface area contributed by atoms with Gasteiger partial charge in [-0.05, 0) is 25.1 Å². The van der Waals surface area contributed by atoms with Crippen LogP contribution in [0.5, 0.6) is 0 Å². The molecule has 21 heavy (non-hydrogen) atoms. The Labute approximate surface area is 125 Å². The summed E-state index contributed by atoms with van der Waals surface area (Å²) in [4.78, 5) is 11.0. The predicted octanol–water partition coefficient (Wildman–Crippen LogP) is 1.47. The molecule has 0 bridgehead atoms. The Bertz CT molecular complexity index is 426. The molecule has 118 valence electrons. The molecule has 0 aliphatic rings. The number of carbonyl (C=O) groups is 1. The van der Waals surface area contributed by atoms with Gasteiger partial charge in [0.2, 0.25) is 5.91 Å². The molecule has 0 heterocycles. The summed E-state index contributed by atoms with van der Waals surface area (Å²) in [5.74, 6) is -0.116. The van der Waals surface area contributed by atoms with E-state index in [1.807, 2.05) is 25.1 Å². The molecule has 0 aliphatic heterocycles. The van der Waals surface area contributed by atoms with Gasteiger partial charge >= 0.3 is 0 Å². The number of carbonyl (C=O) groups excluding carboxylic acids is 1. The normalized spacial score (nSPS) is 12.0. The number of hydrogen-bond acceptors (Lipinski definition) is 5. The lowest BCUT2D eigenvalue weighted by molar-refractivity contribution is -0.114. The van der Waals surface area contributed by atoms with Crippen LogP contribution in [-0.4, -0.2) is 50.1 Å². The highest BCUT2D eigenvalue weighted by Gasteiger charge is 2.04. The maximum Gasteiger partial charge on any atom is 0.221 e. The van der Waals surface area contributed by atoms with Crippen molar-refractivity contribution in [2.45, 2.75) is 20.0 Å². The molecular formula is C15H24N2O4. The van der Waals surface area contributed by atoms with Crippen LogP contribution in [0.4, 0.5) is 11.4 Å². The molecular weight excluding hydrogens is 272 g/mol. The van der Waals surface area contributed by atoms with Crippen molar-refractivity contribution >= 4 is 17.3 Å². The van der Waals surface area contributed by atoms with Gasteiger partial charge in [0, 0.05) is 31.5 Å². The summed E-state index contributed by atoms with van der Waals surface area (Å²) >= 11 is 0. The van der Waals surface area contributed by atoms with Crippen LogP contribution in [-0.2, 0) is 14.3 Å². The molecule has 0 aromatic heterocycles. The standard InChI is InChI=1S/C15H24N2O4/c1-3-20-7-8-21-11-15(19)10-16-13-5-4-6-14(9-13)17-12(2)18/h4-6,9,15-16,19H,3,7-8,10-11H2,1-2H3,(H,17,18). The van der Waals surface area contributed by atoms with E-state index in [9.17, 15) is 9.90 Å². The van der Waals surface area contributed by atoms with E-state index >= 15 is 0 Å². The van der Waals surface area contributed by atoms with Crippen molar-refractivity contribution < 1.29 is 19.4 Å². The quantitative estimate of drug-likeness (QED) is 0.570. The fourth-order valence-electron chi connectivity index (χ4n) is 1.69. The summed E-state index contributed by atoms with van der Waals surface area (Å²) in [5.41, 5.74) is 1.55. The summed E-state index contributed by atoms with van der Waals surface area (Å²) in [6, 6.07) is 7.32. The van der Waals surface area contributed by atoms with Crippen LogP contribution in [0.2, 0.25) is 0 Å². The minimum atomic E-state index is -0.601. The molecule has 0 spiro atoms. The van der Waals surface area contributed by atoms with Crippen LogP contribution in [0.15, 0.2) is 24.3 Å². The molecule has 1 unspecified atom stereocenters. The molecule has 0 fully saturated rings. The zero-order valence-corrected chi connectivity index (χ0v) is 12.6. The number of anilines is 2. The van der Waals surface area contributed by atoms with Gasteiger partial charge in [0.15, 0.2) is 0 Å². The van der Waals surface area contributed by atoms with Crippen LogP contribution >= 0.6 is 0 Å². The number of rotatable bonds is 10. The van der Waals surface area contributed by atoms with Gasteiger partial charge in [-0.2, -0.15) is 0 Å². The van der Waals surface area contributed by atoms with Gasteiger partial charge in [-0.15, -0.1) is 0 Å². The predicted molar refractivity (Wildman–Crippen MR) is 82.6 cm³/mol. The summed E-state index contributed by atoms with van der Waals surface area (Å²) < 4.78 is 10.4. The lowest BCUT2D eigenvalue weighted by Gasteiger charge is -2.14. The number of aliphatic hydroxyl groups excluding tert-OH is 1. The SMILES string of the molecule is CCOCCOCC(O)CNc1cccc(NC(C)=O)c1. The largest absolute Gasteiger partial charge is 0.389 e. The summed E-state index contributed by atoms with van der Waals surface area (Å²) in [6.07, 6.45) is -0.601. The van der Waals surface area contributed by atoms with Gasteiger partial charge in [0.25, 0.3) is 0 Å². The number of amides is 1. The maximum absolute atomic E-state index is 11.0. The first-order valence-electron chi connectivity index (χ1n) is 7.07. The van der Waals surface area contributed by atoms with Gasteiger partial charge in [-0.1, -0.05) is 6.07 Å². The Hall–Kier alpha value is -1.63. The van der Waals surface area contributed by atoms with Crippen LogP contribution < -0.4 is 10.6 Å². The highest BCUT2D eigenvalue weighted by Crippen LogP contribution is 2.14. The molecule has 1 amide bonds. The van der Waals surface area contributed by atoms with Crippen molar-refractivity contribution in [3.8, 4) is 0 Å². The number of nitrogens with one attached hydrogen (secondary N) is 2. The highest BCUT2D eigenvalue weighted by molar-refractivity contribution is 5.89. The summed E-state index contributed by atoms with van der Waals surface area (Å²) in [6.45, 7) is 5.69. The van der Waals surface area contributed by atoms with E-state index in [-0.39, 0.29) is 12.5 Å². The molecule has 1 rings (SSSR count). The molecule has 6 nitrogen and oxygen atoms in total. The number of hydrogen-bond donors (Lipinski definition) is 3. The first-order valence-corrected chi connectivity index (χ1v) is 7.07. The summed E-state index contributed by atoms with van der Waals surface area (Å²) in [7, 11) is 0. The molecule has 1 aromatic rings. The fraction of sp³-hybridized carbons (Fsp3) is 0.533. The third kappa shape index (κ3) is 8.29. The second-order valence-electron chi connectivity index (χ2n) is 4.57. The number of benzene rings is 1. The average molecular weight is 296 g/mol. The van der Waals surface area contributed by atoms with Gasteiger partial charge in [0.05, 0.1) is 25.9 Å². The molecule has 0 aliphatic carbocycles. The Morgan fingerprint density at radius 3 is 2.71 bits per heavy atom. The van der Waals surface area contributed by atoms with Crippen LogP contribution in [0, 0.1) is 0 Å². The second-order valence-corrected chi connectivity index (χ2v) is 4.57. The number of aliphatic hydroxyl groups is 1. The minimum Gasteiger partial charge on any atom is -0.389 e. The Morgan fingerprint density at radius 1 is 1.29 bits per heavy atom. The molecule has 0 saturated heterocycles. The minimum absolute atomic E-state index is 0.116. The van der Waals surface area contributed by atoms with Crippen LogP contribution in [0.1, 0.15) is 13.8 Å². The molecule has 3 N–H and O–H groups in total. The van der Waals surface area contributed by atoms with E-state index in [0.717, 1.165) is 11.4 Å². The molecule has 6 heteroatoms. The Balaban J connectivity index is 2.25. The van der Waals surface area contributed by atoms with Crippen LogP contribution in [0.25, 0.3) is 0 Å². The Morgan fingerprint density at radius 2 is 2.00 bits per heavy atom. The smallest absolute Gasteiger partial charge is 0.221 e. The van der Waals surface area contributed by atoms with Crippen molar-refractivity contribution in [3.05, 3.63) is 24.3 Å². The Kier molecular flexibility index (Phi) is 8.42. The monoisotopic (exact) mass is 296 g/mol. The van der Waals surface area contributed by atoms with Crippen molar-refractivity contribution in [2.75, 3.05) is 43.6 Å². The van der Waals surface area contributed by atoms with E-state index in [2.05, 4.69) is 10.6 Å². The zero-order valence-electron chi connectivity index (χ0n) is 12.6. The fourth-order valence-corrected chi connectivity index (χ4v) is 1.69.